The molecule has 0 saturated carbocycles. The van der Waals surface area contributed by atoms with Crippen molar-refractivity contribution in [3.05, 3.63) is 54.1 Å². The summed E-state index contributed by atoms with van der Waals surface area (Å²) in [6.07, 6.45) is 4.12. The summed E-state index contributed by atoms with van der Waals surface area (Å²) in [7, 11) is -2.05. The monoisotopic (exact) mass is 430 g/mol. The van der Waals surface area contributed by atoms with Crippen molar-refractivity contribution in [3.63, 3.8) is 0 Å². The van der Waals surface area contributed by atoms with Crippen molar-refractivity contribution in [1.82, 2.24) is 19.3 Å². The van der Waals surface area contributed by atoms with Gasteiger partial charge in [-0.1, -0.05) is 32.4 Å². The Hall–Kier alpha value is -2.29. The van der Waals surface area contributed by atoms with Gasteiger partial charge in [0, 0.05) is 19.9 Å². The summed E-state index contributed by atoms with van der Waals surface area (Å²) in [5, 5.41) is 0. The van der Waals surface area contributed by atoms with E-state index in [1.807, 2.05) is 45.9 Å². The molecule has 1 N–H and O–H groups in total. The van der Waals surface area contributed by atoms with E-state index in [2.05, 4.69) is 19.3 Å². The highest BCUT2D eigenvalue weighted by Crippen LogP contribution is 2.20. The summed E-state index contributed by atoms with van der Waals surface area (Å²) in [6.45, 7) is 8.51. The second kappa shape index (κ2) is 9.24. The van der Waals surface area contributed by atoms with Crippen molar-refractivity contribution in [2.24, 2.45) is 5.92 Å². The number of sulfonamides is 1. The molecule has 162 valence electrons. The average Bonchev–Trinajstić information content (AvgIpc) is 3.06. The van der Waals surface area contributed by atoms with E-state index >= 15 is 0 Å². The lowest BCUT2D eigenvalue weighted by Crippen LogP contribution is -2.46. The van der Waals surface area contributed by atoms with E-state index in [9.17, 15) is 8.42 Å². The molecule has 2 unspecified atom stereocenters. The number of fused-ring (bicyclic) bond motifs is 1. The zero-order chi connectivity index (χ0) is 21.9. The topological polar surface area (TPSA) is 86.1 Å². The van der Waals surface area contributed by atoms with Crippen LogP contribution in [0.5, 0.6) is 0 Å². The molecule has 0 saturated heterocycles. The number of nitrogens with zero attached hydrogens (tertiary/aromatic N) is 3. The van der Waals surface area contributed by atoms with Gasteiger partial charge in [0.2, 0.25) is 10.0 Å². The summed E-state index contributed by atoms with van der Waals surface area (Å²) < 4.78 is 36.2. The van der Waals surface area contributed by atoms with Crippen molar-refractivity contribution in [1.29, 1.82) is 0 Å². The Morgan fingerprint density at radius 1 is 1.17 bits per heavy atom. The van der Waals surface area contributed by atoms with Crippen LogP contribution in [0, 0.1) is 12.8 Å². The molecule has 3 rings (SSSR count). The lowest BCUT2D eigenvalue weighted by Gasteiger charge is -2.28. The predicted molar refractivity (Wildman–Crippen MR) is 118 cm³/mol. The van der Waals surface area contributed by atoms with Crippen LogP contribution in [-0.4, -0.2) is 42.2 Å². The van der Waals surface area contributed by atoms with Crippen LogP contribution in [0.25, 0.3) is 11.0 Å². The number of aromatic nitrogens is 3. The van der Waals surface area contributed by atoms with Crippen LogP contribution in [0.4, 0.5) is 0 Å². The number of rotatable bonds is 9. The first-order valence-electron chi connectivity index (χ1n) is 10.2. The molecule has 0 fully saturated rings. The highest BCUT2D eigenvalue weighted by Gasteiger charge is 2.28. The van der Waals surface area contributed by atoms with Crippen molar-refractivity contribution in [2.75, 3.05) is 7.11 Å². The summed E-state index contributed by atoms with van der Waals surface area (Å²) in [5.41, 5.74) is 2.85. The molecular formula is C22H30N4O3S. The highest BCUT2D eigenvalue weighted by atomic mass is 32.2. The maximum absolute atomic E-state index is 13.0. The second-order valence-electron chi connectivity index (χ2n) is 7.73. The molecule has 0 radical (unpaired) electrons. The van der Waals surface area contributed by atoms with Crippen LogP contribution in [0.15, 0.2) is 47.6 Å². The second-order valence-corrected chi connectivity index (χ2v) is 9.44. The molecule has 1 aromatic carbocycles. The van der Waals surface area contributed by atoms with Gasteiger partial charge in [-0.2, -0.15) is 0 Å². The van der Waals surface area contributed by atoms with Gasteiger partial charge in [0.1, 0.15) is 11.3 Å². The van der Waals surface area contributed by atoms with E-state index in [1.54, 1.807) is 31.6 Å². The summed E-state index contributed by atoms with van der Waals surface area (Å²) in [4.78, 5) is 8.89. The largest absolute Gasteiger partial charge is 0.380 e. The average molecular weight is 431 g/mol. The fraction of sp³-hybridized carbons (Fsp3) is 0.455. The fourth-order valence-electron chi connectivity index (χ4n) is 3.58. The Balaban J connectivity index is 1.81. The van der Waals surface area contributed by atoms with E-state index in [-0.39, 0.29) is 23.0 Å². The van der Waals surface area contributed by atoms with Gasteiger partial charge in [-0.05, 0) is 43.5 Å². The fourth-order valence-corrected chi connectivity index (χ4v) is 4.99. The van der Waals surface area contributed by atoms with Gasteiger partial charge < -0.3 is 9.30 Å². The SMILES string of the molecule is CCC(C)C(NS(=O)(=O)c1ccc(Cn2c(C)nc3cnccc32)cc1)[C@H](C)OC. The van der Waals surface area contributed by atoms with E-state index in [0.717, 1.165) is 28.8 Å². The van der Waals surface area contributed by atoms with Crippen molar-refractivity contribution in [3.8, 4) is 0 Å². The molecular weight excluding hydrogens is 400 g/mol. The summed E-state index contributed by atoms with van der Waals surface area (Å²) in [6, 6.07) is 8.64. The molecule has 0 aliphatic carbocycles. The number of aryl methyl sites for hydroxylation is 1. The lowest BCUT2D eigenvalue weighted by molar-refractivity contribution is 0.0719. The number of pyridine rings is 1. The van der Waals surface area contributed by atoms with Crippen molar-refractivity contribution < 1.29 is 13.2 Å². The first-order valence-corrected chi connectivity index (χ1v) is 11.7. The van der Waals surface area contributed by atoms with Gasteiger partial charge in [0.05, 0.1) is 28.8 Å². The highest BCUT2D eigenvalue weighted by molar-refractivity contribution is 7.89. The number of methoxy groups -OCH3 is 1. The van der Waals surface area contributed by atoms with E-state index in [1.165, 1.54) is 0 Å². The van der Waals surface area contributed by atoms with E-state index in [4.69, 9.17) is 4.74 Å². The molecule has 8 heteroatoms. The van der Waals surface area contributed by atoms with Gasteiger partial charge in [-0.15, -0.1) is 0 Å². The number of ether oxygens (including phenoxy) is 1. The maximum atomic E-state index is 13.0. The molecule has 0 spiro atoms. The van der Waals surface area contributed by atoms with Crippen LogP contribution in [0.1, 0.15) is 38.6 Å². The molecule has 0 aliphatic rings. The Labute approximate surface area is 178 Å². The van der Waals surface area contributed by atoms with E-state index in [0.29, 0.717) is 6.54 Å². The smallest absolute Gasteiger partial charge is 0.240 e. The Morgan fingerprint density at radius 3 is 2.50 bits per heavy atom. The van der Waals surface area contributed by atoms with Crippen LogP contribution in [0.3, 0.4) is 0 Å². The minimum atomic E-state index is -3.65. The first-order chi connectivity index (χ1) is 14.3. The normalized spacial score (nSPS) is 15.2. The first kappa shape index (κ1) is 22.4. The number of hydrogen-bond acceptors (Lipinski definition) is 5. The van der Waals surface area contributed by atoms with Gasteiger partial charge in [-0.25, -0.2) is 18.1 Å². The number of imidazole rings is 1. The Morgan fingerprint density at radius 2 is 1.87 bits per heavy atom. The predicted octanol–water partition coefficient (Wildman–Crippen LogP) is 3.52. The van der Waals surface area contributed by atoms with Crippen LogP contribution < -0.4 is 4.72 Å². The molecule has 0 aliphatic heterocycles. The van der Waals surface area contributed by atoms with Gasteiger partial charge in [0.25, 0.3) is 0 Å². The number of nitrogens with one attached hydrogen (secondary N) is 1. The summed E-state index contributed by atoms with van der Waals surface area (Å²) >= 11 is 0. The zero-order valence-electron chi connectivity index (χ0n) is 18.2. The van der Waals surface area contributed by atoms with Crippen LogP contribution >= 0.6 is 0 Å². The molecule has 2 heterocycles. The van der Waals surface area contributed by atoms with Crippen LogP contribution in [-0.2, 0) is 21.3 Å². The maximum Gasteiger partial charge on any atom is 0.240 e. The third kappa shape index (κ3) is 4.71. The molecule has 30 heavy (non-hydrogen) atoms. The third-order valence-corrected chi connectivity index (χ3v) is 7.22. The number of benzene rings is 1. The minimum Gasteiger partial charge on any atom is -0.380 e. The lowest BCUT2D eigenvalue weighted by atomic mass is 9.96. The minimum absolute atomic E-state index is 0.154. The molecule has 3 aromatic rings. The molecule has 2 aromatic heterocycles. The molecule has 0 amide bonds. The zero-order valence-corrected chi connectivity index (χ0v) is 19.0. The van der Waals surface area contributed by atoms with E-state index < -0.39 is 10.0 Å². The Kier molecular flexibility index (Phi) is 6.90. The quantitative estimate of drug-likeness (QED) is 0.561. The van der Waals surface area contributed by atoms with Gasteiger partial charge in [0.15, 0.2) is 0 Å². The Bertz CT molecular complexity index is 1080. The van der Waals surface area contributed by atoms with Gasteiger partial charge in [-0.3, -0.25) is 4.98 Å². The molecule has 7 nitrogen and oxygen atoms in total. The standard InChI is InChI=1S/C22H30N4O3S/c1-6-15(2)22(16(3)29-5)25-30(27,28)19-9-7-18(8-10-19)14-26-17(4)24-20-13-23-12-11-21(20)26/h7-13,15-16,22,25H,6,14H2,1-5H3/t15?,16-,22?/m0/s1. The summed E-state index contributed by atoms with van der Waals surface area (Å²) in [5.74, 6) is 1.04. The van der Waals surface area contributed by atoms with Crippen LogP contribution in [0.2, 0.25) is 0 Å². The van der Waals surface area contributed by atoms with Crippen molar-refractivity contribution >= 4 is 21.1 Å². The molecule has 0 bridgehead atoms. The number of hydrogen-bond donors (Lipinski definition) is 1. The third-order valence-electron chi connectivity index (χ3n) is 5.74. The van der Waals surface area contributed by atoms with Gasteiger partial charge >= 0.3 is 0 Å². The molecule has 3 atom stereocenters. The van der Waals surface area contributed by atoms with Crippen molar-refractivity contribution in [2.45, 2.75) is 57.7 Å².